The molecule has 0 aliphatic rings. The fourth-order valence-electron chi connectivity index (χ4n) is 2.19. The Morgan fingerprint density at radius 2 is 1.74 bits per heavy atom. The van der Waals surface area contributed by atoms with Crippen molar-refractivity contribution >= 4 is 35.1 Å². The summed E-state index contributed by atoms with van der Waals surface area (Å²) >= 11 is 5.88. The topological polar surface area (TPSA) is 55.4 Å². The molecule has 0 unspecified atom stereocenters. The fraction of sp³-hybridized carbons (Fsp3) is 0.238. The van der Waals surface area contributed by atoms with E-state index in [1.807, 2.05) is 13.8 Å². The second-order valence-corrected chi connectivity index (χ2v) is 6.83. The van der Waals surface area contributed by atoms with Gasteiger partial charge in [-0.15, -0.1) is 0 Å². The van der Waals surface area contributed by atoms with E-state index >= 15 is 0 Å². The highest BCUT2D eigenvalue weighted by atomic mass is 35.5. The lowest BCUT2D eigenvalue weighted by atomic mass is 10.0. The van der Waals surface area contributed by atoms with E-state index < -0.39 is 11.8 Å². The molecule has 2 rings (SSSR count). The van der Waals surface area contributed by atoms with E-state index in [-0.39, 0.29) is 18.1 Å². The van der Waals surface area contributed by atoms with Crippen molar-refractivity contribution in [2.45, 2.75) is 13.8 Å². The van der Waals surface area contributed by atoms with Gasteiger partial charge in [0.1, 0.15) is 5.82 Å². The number of nitrogens with one attached hydrogen (secondary N) is 1. The summed E-state index contributed by atoms with van der Waals surface area (Å²) in [4.78, 5) is 24.3. The van der Waals surface area contributed by atoms with Gasteiger partial charge in [0.2, 0.25) is 0 Å². The minimum Gasteiger partial charge on any atom is -0.452 e. The van der Waals surface area contributed by atoms with Gasteiger partial charge in [-0.2, -0.15) is 0 Å². The Morgan fingerprint density at radius 1 is 1.11 bits per heavy atom. The van der Waals surface area contributed by atoms with Crippen molar-refractivity contribution in [3.8, 4) is 0 Å². The van der Waals surface area contributed by atoms with Crippen LogP contribution < -0.4 is 5.32 Å². The van der Waals surface area contributed by atoms with E-state index in [0.29, 0.717) is 23.0 Å². The first-order chi connectivity index (χ1) is 12.8. The van der Waals surface area contributed by atoms with Crippen molar-refractivity contribution in [3.63, 3.8) is 0 Å². The van der Waals surface area contributed by atoms with E-state index in [9.17, 15) is 14.0 Å². The number of benzene rings is 2. The van der Waals surface area contributed by atoms with Gasteiger partial charge in [0.05, 0.1) is 5.57 Å². The molecule has 2 aromatic rings. The van der Waals surface area contributed by atoms with Crippen LogP contribution in [0.4, 0.5) is 4.39 Å². The second kappa shape index (κ2) is 9.88. The van der Waals surface area contributed by atoms with Crippen LogP contribution in [0.2, 0.25) is 5.02 Å². The smallest absolute Gasteiger partial charge is 0.339 e. The minimum atomic E-state index is -0.670. The molecular weight excluding hydrogens is 369 g/mol. The summed E-state index contributed by atoms with van der Waals surface area (Å²) < 4.78 is 18.4. The van der Waals surface area contributed by atoms with Gasteiger partial charge in [-0.1, -0.05) is 49.7 Å². The normalized spacial score (nSPS) is 11.4. The van der Waals surface area contributed by atoms with Crippen LogP contribution in [0.5, 0.6) is 0 Å². The van der Waals surface area contributed by atoms with Gasteiger partial charge in [0, 0.05) is 11.6 Å². The van der Waals surface area contributed by atoms with Crippen LogP contribution in [-0.2, 0) is 14.3 Å². The zero-order chi connectivity index (χ0) is 19.8. The molecule has 0 aromatic heterocycles. The van der Waals surface area contributed by atoms with Crippen LogP contribution in [0.3, 0.4) is 0 Å². The van der Waals surface area contributed by atoms with Gasteiger partial charge in [-0.3, -0.25) is 4.79 Å². The van der Waals surface area contributed by atoms with Crippen molar-refractivity contribution in [2.75, 3.05) is 13.2 Å². The molecule has 0 fully saturated rings. The maximum Gasteiger partial charge on any atom is 0.339 e. The molecule has 142 valence electrons. The SMILES string of the molecule is CC(C)CNC(=O)COC(=O)/C(=C/c1ccc(Cl)cc1)c1ccc(F)cc1. The maximum absolute atomic E-state index is 13.2. The van der Waals surface area contributed by atoms with E-state index in [2.05, 4.69) is 5.32 Å². The number of amides is 1. The van der Waals surface area contributed by atoms with E-state index in [1.54, 1.807) is 30.3 Å². The van der Waals surface area contributed by atoms with Gasteiger partial charge in [0.25, 0.3) is 5.91 Å². The van der Waals surface area contributed by atoms with Gasteiger partial charge in [0.15, 0.2) is 6.61 Å². The summed E-state index contributed by atoms with van der Waals surface area (Å²) in [6.07, 6.45) is 1.61. The van der Waals surface area contributed by atoms with E-state index in [4.69, 9.17) is 16.3 Å². The number of ether oxygens (including phenoxy) is 1. The number of carbonyl (C=O) groups excluding carboxylic acids is 2. The zero-order valence-corrected chi connectivity index (χ0v) is 15.9. The molecule has 6 heteroatoms. The van der Waals surface area contributed by atoms with E-state index in [0.717, 1.165) is 5.56 Å². The maximum atomic E-state index is 13.2. The Bertz CT molecular complexity index is 814. The Kier molecular flexibility index (Phi) is 7.55. The van der Waals surface area contributed by atoms with Gasteiger partial charge in [-0.25, -0.2) is 9.18 Å². The third-order valence-electron chi connectivity index (χ3n) is 3.60. The summed E-state index contributed by atoms with van der Waals surface area (Å²) in [6.45, 7) is 4.05. The minimum absolute atomic E-state index is 0.217. The second-order valence-electron chi connectivity index (χ2n) is 6.39. The summed E-state index contributed by atoms with van der Waals surface area (Å²) in [5.74, 6) is -1.16. The van der Waals surface area contributed by atoms with Crippen LogP contribution in [-0.4, -0.2) is 25.0 Å². The lowest BCUT2D eigenvalue weighted by Crippen LogP contribution is -2.31. The molecule has 1 amide bonds. The summed E-state index contributed by atoms with van der Waals surface area (Å²) in [5, 5.41) is 3.25. The number of hydrogen-bond acceptors (Lipinski definition) is 3. The lowest BCUT2D eigenvalue weighted by Gasteiger charge is -2.11. The molecule has 0 aliphatic heterocycles. The third kappa shape index (κ3) is 6.87. The van der Waals surface area contributed by atoms with Crippen molar-refractivity contribution in [3.05, 3.63) is 70.5 Å². The number of hydrogen-bond donors (Lipinski definition) is 1. The van der Waals surface area contributed by atoms with Crippen LogP contribution in [0.1, 0.15) is 25.0 Å². The molecule has 27 heavy (non-hydrogen) atoms. The molecule has 0 saturated heterocycles. The highest BCUT2D eigenvalue weighted by Gasteiger charge is 2.16. The van der Waals surface area contributed by atoms with Crippen molar-refractivity contribution in [2.24, 2.45) is 5.92 Å². The van der Waals surface area contributed by atoms with Gasteiger partial charge < -0.3 is 10.1 Å². The molecule has 0 aliphatic carbocycles. The standard InChI is InChI=1S/C21H21ClFNO3/c1-14(2)12-24-20(25)13-27-21(26)19(16-5-9-18(23)10-6-16)11-15-3-7-17(22)8-4-15/h3-11,14H,12-13H2,1-2H3,(H,24,25)/b19-11+. The van der Waals surface area contributed by atoms with Gasteiger partial charge >= 0.3 is 5.97 Å². The number of halogens is 2. The quantitative estimate of drug-likeness (QED) is 0.435. The highest BCUT2D eigenvalue weighted by molar-refractivity contribution is 6.30. The van der Waals surface area contributed by atoms with Crippen LogP contribution in [0, 0.1) is 11.7 Å². The third-order valence-corrected chi connectivity index (χ3v) is 3.85. The zero-order valence-electron chi connectivity index (χ0n) is 15.2. The summed E-state index contributed by atoms with van der Waals surface area (Å²) in [7, 11) is 0. The molecule has 0 heterocycles. The molecule has 0 saturated carbocycles. The Labute approximate surface area is 163 Å². The number of esters is 1. The molecular formula is C21H21ClFNO3. The summed E-state index contributed by atoms with van der Waals surface area (Å²) in [6, 6.07) is 12.4. The lowest BCUT2D eigenvalue weighted by molar-refractivity contribution is -0.142. The van der Waals surface area contributed by atoms with Crippen LogP contribution in [0.25, 0.3) is 11.6 Å². The largest absolute Gasteiger partial charge is 0.452 e. The number of carbonyl (C=O) groups is 2. The molecule has 0 radical (unpaired) electrons. The Hall–Kier alpha value is -2.66. The number of rotatable bonds is 7. The highest BCUT2D eigenvalue weighted by Crippen LogP contribution is 2.21. The predicted octanol–water partition coefficient (Wildman–Crippen LogP) is 4.34. The Morgan fingerprint density at radius 3 is 2.33 bits per heavy atom. The average molecular weight is 390 g/mol. The van der Waals surface area contributed by atoms with Crippen LogP contribution >= 0.6 is 11.6 Å². The molecule has 0 atom stereocenters. The predicted molar refractivity (Wildman–Crippen MR) is 105 cm³/mol. The monoisotopic (exact) mass is 389 g/mol. The van der Waals surface area contributed by atoms with Crippen LogP contribution in [0.15, 0.2) is 48.5 Å². The molecule has 4 nitrogen and oxygen atoms in total. The first kappa shape index (κ1) is 20.6. The molecule has 0 bridgehead atoms. The van der Waals surface area contributed by atoms with E-state index in [1.165, 1.54) is 24.3 Å². The van der Waals surface area contributed by atoms with Crippen molar-refractivity contribution < 1.29 is 18.7 Å². The molecule has 0 spiro atoms. The van der Waals surface area contributed by atoms with Crippen molar-refractivity contribution in [1.29, 1.82) is 0 Å². The molecule has 1 N–H and O–H groups in total. The first-order valence-corrected chi connectivity index (χ1v) is 8.90. The Balaban J connectivity index is 2.18. The fourth-order valence-corrected chi connectivity index (χ4v) is 2.32. The average Bonchev–Trinajstić information content (AvgIpc) is 2.65. The first-order valence-electron chi connectivity index (χ1n) is 8.52. The molecule has 2 aromatic carbocycles. The summed E-state index contributed by atoms with van der Waals surface area (Å²) in [5.41, 5.74) is 1.42. The van der Waals surface area contributed by atoms with Crippen molar-refractivity contribution in [1.82, 2.24) is 5.32 Å². The van der Waals surface area contributed by atoms with Gasteiger partial charge in [-0.05, 0) is 47.4 Å².